The second-order valence-electron chi connectivity index (χ2n) is 4.31. The molecular formula is C13H8Br4N4. The van der Waals surface area contributed by atoms with Gasteiger partial charge in [0.1, 0.15) is 5.52 Å². The monoisotopic (exact) mass is 536 g/mol. The number of rotatable bonds is 2. The van der Waals surface area contributed by atoms with Gasteiger partial charge in [0.05, 0.1) is 14.5 Å². The fourth-order valence-corrected chi connectivity index (χ4v) is 4.14. The summed E-state index contributed by atoms with van der Waals surface area (Å²) in [4.78, 5) is 7.82. The highest BCUT2D eigenvalue weighted by Crippen LogP contribution is 2.43. The van der Waals surface area contributed by atoms with Crippen LogP contribution in [0.3, 0.4) is 0 Å². The Labute approximate surface area is 154 Å². The largest absolute Gasteiger partial charge is 0.399 e. The van der Waals surface area contributed by atoms with Gasteiger partial charge in [-0.15, -0.1) is 0 Å². The quantitative estimate of drug-likeness (QED) is 0.215. The van der Waals surface area contributed by atoms with E-state index in [0.717, 1.165) is 40.3 Å². The number of fused-ring (bicyclic) bond motifs is 1. The number of hydrogen-bond acceptors (Lipinski definition) is 3. The first-order valence-corrected chi connectivity index (χ1v) is 8.99. The predicted octanol–water partition coefficient (Wildman–Crippen LogP) is 5.94. The van der Waals surface area contributed by atoms with E-state index in [2.05, 4.69) is 79.0 Å². The minimum Gasteiger partial charge on any atom is -0.399 e. The molecule has 4 N–H and O–H groups in total. The second-order valence-corrected chi connectivity index (χ2v) is 7.48. The fraction of sp³-hybridized carbons (Fsp3) is 0. The van der Waals surface area contributed by atoms with Crippen LogP contribution in [0, 0.1) is 0 Å². The molecule has 3 aromatic rings. The van der Waals surface area contributed by atoms with Crippen molar-refractivity contribution in [2.75, 3.05) is 11.1 Å². The van der Waals surface area contributed by atoms with Gasteiger partial charge in [0.15, 0.2) is 0 Å². The summed E-state index contributed by atoms with van der Waals surface area (Å²) < 4.78 is 3.62. The van der Waals surface area contributed by atoms with Crippen LogP contribution in [0.25, 0.3) is 11.0 Å². The fourth-order valence-electron chi connectivity index (χ4n) is 1.86. The topological polar surface area (TPSA) is 66.7 Å². The molecule has 0 aliphatic heterocycles. The summed E-state index contributed by atoms with van der Waals surface area (Å²) in [6, 6.07) is 7.48. The lowest BCUT2D eigenvalue weighted by Crippen LogP contribution is -1.92. The van der Waals surface area contributed by atoms with Crippen LogP contribution in [0.4, 0.5) is 17.3 Å². The van der Waals surface area contributed by atoms with Gasteiger partial charge >= 0.3 is 0 Å². The molecule has 1 heterocycles. The van der Waals surface area contributed by atoms with Crippen molar-refractivity contribution in [3.05, 3.63) is 42.2 Å². The molecule has 0 saturated carbocycles. The average Bonchev–Trinajstić information content (AvgIpc) is 2.89. The van der Waals surface area contributed by atoms with E-state index in [1.165, 1.54) is 0 Å². The second kappa shape index (κ2) is 5.91. The molecule has 0 amide bonds. The minimum atomic E-state index is 0.654. The Hall–Kier alpha value is -0.570. The first-order valence-electron chi connectivity index (χ1n) is 5.81. The Kier molecular flexibility index (Phi) is 4.31. The predicted molar refractivity (Wildman–Crippen MR) is 101 cm³/mol. The van der Waals surface area contributed by atoms with Gasteiger partial charge in [-0.05, 0) is 88.0 Å². The molecule has 0 atom stereocenters. The molecule has 108 valence electrons. The number of aromatic amines is 1. The average molecular weight is 540 g/mol. The Balaban J connectivity index is 2.07. The van der Waals surface area contributed by atoms with Crippen molar-refractivity contribution in [3.8, 4) is 0 Å². The molecule has 8 heteroatoms. The Morgan fingerprint density at radius 3 is 2.19 bits per heavy atom. The molecule has 0 unspecified atom stereocenters. The van der Waals surface area contributed by atoms with Gasteiger partial charge in [-0.1, -0.05) is 0 Å². The van der Waals surface area contributed by atoms with Gasteiger partial charge in [-0.25, -0.2) is 4.98 Å². The summed E-state index contributed by atoms with van der Waals surface area (Å²) in [6.45, 7) is 0. The molecule has 3 rings (SSSR count). The number of hydrogen-bond donors (Lipinski definition) is 3. The smallest absolute Gasteiger partial charge is 0.205 e. The molecule has 0 aliphatic carbocycles. The van der Waals surface area contributed by atoms with Crippen LogP contribution in [-0.4, -0.2) is 9.97 Å². The third-order valence-electron chi connectivity index (χ3n) is 2.88. The number of anilines is 3. The van der Waals surface area contributed by atoms with Crippen LogP contribution >= 0.6 is 63.7 Å². The maximum absolute atomic E-state index is 5.68. The Morgan fingerprint density at radius 1 is 0.905 bits per heavy atom. The SMILES string of the molecule is Nc1ccc(Nc2nc3c(Br)c(Br)c(Br)c(Br)c3[nH]2)cc1. The molecule has 21 heavy (non-hydrogen) atoms. The maximum Gasteiger partial charge on any atom is 0.205 e. The molecule has 0 fully saturated rings. The van der Waals surface area contributed by atoms with E-state index in [1.807, 2.05) is 24.3 Å². The third kappa shape index (κ3) is 2.86. The molecule has 0 radical (unpaired) electrons. The van der Waals surface area contributed by atoms with Crippen LogP contribution in [0.5, 0.6) is 0 Å². The van der Waals surface area contributed by atoms with Crippen molar-refractivity contribution in [2.45, 2.75) is 0 Å². The summed E-state index contributed by atoms with van der Waals surface area (Å²) in [5.41, 5.74) is 9.04. The van der Waals surface area contributed by atoms with E-state index in [9.17, 15) is 0 Å². The van der Waals surface area contributed by atoms with E-state index < -0.39 is 0 Å². The van der Waals surface area contributed by atoms with E-state index >= 15 is 0 Å². The summed E-state index contributed by atoms with van der Waals surface area (Å²) in [5.74, 6) is 0.654. The van der Waals surface area contributed by atoms with E-state index in [1.54, 1.807) is 0 Å². The minimum absolute atomic E-state index is 0.654. The number of nitrogen functional groups attached to an aromatic ring is 1. The number of benzene rings is 2. The number of aromatic nitrogens is 2. The number of nitrogens with zero attached hydrogens (tertiary/aromatic N) is 1. The van der Waals surface area contributed by atoms with Crippen molar-refractivity contribution < 1.29 is 0 Å². The van der Waals surface area contributed by atoms with E-state index in [4.69, 9.17) is 5.73 Å². The Bertz CT molecular complexity index is 782. The maximum atomic E-state index is 5.68. The van der Waals surface area contributed by atoms with Crippen molar-refractivity contribution in [1.29, 1.82) is 0 Å². The number of nitrogens with one attached hydrogen (secondary N) is 2. The molecular weight excluding hydrogens is 532 g/mol. The number of imidazole rings is 1. The lowest BCUT2D eigenvalue weighted by Gasteiger charge is -2.03. The standard InChI is InChI=1S/C13H8Br4N4/c14-7-8(15)10(17)12-11(9(7)16)20-13(21-12)19-6-3-1-5(18)2-4-6/h1-4H,18H2,(H2,19,20,21). The first-order chi connectivity index (χ1) is 9.97. The van der Waals surface area contributed by atoms with Crippen molar-refractivity contribution >= 4 is 92.1 Å². The van der Waals surface area contributed by atoms with Crippen LogP contribution in [-0.2, 0) is 0 Å². The molecule has 0 saturated heterocycles. The van der Waals surface area contributed by atoms with Gasteiger partial charge in [0.25, 0.3) is 0 Å². The number of halogens is 4. The van der Waals surface area contributed by atoms with Crippen LogP contribution < -0.4 is 11.1 Å². The van der Waals surface area contributed by atoms with Crippen molar-refractivity contribution in [2.24, 2.45) is 0 Å². The zero-order valence-electron chi connectivity index (χ0n) is 10.3. The normalized spacial score (nSPS) is 11.0. The van der Waals surface area contributed by atoms with E-state index in [-0.39, 0.29) is 0 Å². The van der Waals surface area contributed by atoms with Gasteiger partial charge in [0.2, 0.25) is 5.95 Å². The van der Waals surface area contributed by atoms with E-state index in [0.29, 0.717) is 5.95 Å². The highest BCUT2D eigenvalue weighted by atomic mass is 79.9. The number of nitrogens with two attached hydrogens (primary N) is 1. The summed E-state index contributed by atoms with van der Waals surface area (Å²) in [6.07, 6.45) is 0. The molecule has 0 spiro atoms. The van der Waals surface area contributed by atoms with Gasteiger partial charge in [0, 0.05) is 20.3 Å². The van der Waals surface area contributed by atoms with Gasteiger partial charge in [-0.3, -0.25) is 0 Å². The highest BCUT2D eigenvalue weighted by Gasteiger charge is 2.17. The summed E-state index contributed by atoms with van der Waals surface area (Å²) >= 11 is 14.2. The molecule has 2 aromatic carbocycles. The van der Waals surface area contributed by atoms with Gasteiger partial charge in [-0.2, -0.15) is 0 Å². The molecule has 0 bridgehead atoms. The molecule has 0 aliphatic rings. The lowest BCUT2D eigenvalue weighted by atomic mass is 10.3. The van der Waals surface area contributed by atoms with Crippen LogP contribution in [0.15, 0.2) is 42.2 Å². The van der Waals surface area contributed by atoms with Crippen molar-refractivity contribution in [1.82, 2.24) is 9.97 Å². The third-order valence-corrected chi connectivity index (χ3v) is 7.63. The zero-order chi connectivity index (χ0) is 15.1. The lowest BCUT2D eigenvalue weighted by molar-refractivity contribution is 1.31. The molecule has 4 nitrogen and oxygen atoms in total. The number of H-pyrrole nitrogens is 1. The summed E-state index contributed by atoms with van der Waals surface area (Å²) in [5, 5.41) is 3.22. The van der Waals surface area contributed by atoms with Crippen molar-refractivity contribution in [3.63, 3.8) is 0 Å². The highest BCUT2D eigenvalue weighted by molar-refractivity contribution is 9.15. The van der Waals surface area contributed by atoms with Crippen LogP contribution in [0.2, 0.25) is 0 Å². The summed E-state index contributed by atoms with van der Waals surface area (Å²) in [7, 11) is 0. The van der Waals surface area contributed by atoms with Gasteiger partial charge < -0.3 is 16.0 Å². The van der Waals surface area contributed by atoms with Crippen LogP contribution in [0.1, 0.15) is 0 Å². The molecule has 1 aromatic heterocycles. The zero-order valence-corrected chi connectivity index (χ0v) is 16.7. The Morgan fingerprint density at radius 2 is 1.52 bits per heavy atom. The first kappa shape index (κ1) is 15.3.